The number of nitrogens with one attached hydrogen (secondary N) is 1. The summed E-state index contributed by atoms with van der Waals surface area (Å²) in [6, 6.07) is 9.73. The Balaban J connectivity index is 1.30. The zero-order chi connectivity index (χ0) is 24.4. The summed E-state index contributed by atoms with van der Waals surface area (Å²) in [5.41, 5.74) is 2.22. The van der Waals surface area contributed by atoms with Crippen molar-refractivity contribution in [2.45, 2.75) is 25.5 Å². The molecule has 9 heteroatoms. The number of fused-ring (bicyclic) bond motifs is 1. The van der Waals surface area contributed by atoms with E-state index in [1.165, 1.54) is 30.4 Å². The molecule has 1 amide bonds. The van der Waals surface area contributed by atoms with Crippen LogP contribution in [0.1, 0.15) is 33.8 Å². The van der Waals surface area contributed by atoms with E-state index in [4.69, 9.17) is 9.47 Å². The number of Topliss-reactive ketones (excluding diaryl/α,β-unsaturated/α-hetero) is 1. The van der Waals surface area contributed by atoms with Crippen LogP contribution in [-0.2, 0) is 16.0 Å². The van der Waals surface area contributed by atoms with Gasteiger partial charge in [-0.3, -0.25) is 19.5 Å². The Morgan fingerprint density at radius 1 is 1.26 bits per heavy atom. The van der Waals surface area contributed by atoms with E-state index in [1.54, 1.807) is 18.5 Å². The van der Waals surface area contributed by atoms with Gasteiger partial charge in [-0.15, -0.1) is 11.3 Å². The van der Waals surface area contributed by atoms with E-state index in [-0.39, 0.29) is 23.6 Å². The molecule has 4 heterocycles. The maximum absolute atomic E-state index is 14.4. The first-order chi connectivity index (χ1) is 17.0. The van der Waals surface area contributed by atoms with Gasteiger partial charge in [0.15, 0.2) is 5.78 Å². The number of carbonyl (C=O) groups excluding carboxylic acids is 2. The van der Waals surface area contributed by atoms with Crippen molar-refractivity contribution in [1.82, 2.24) is 15.2 Å². The average molecular weight is 496 g/mol. The molecule has 2 aliphatic heterocycles. The zero-order valence-corrected chi connectivity index (χ0v) is 20.1. The molecule has 0 unspecified atom stereocenters. The highest BCUT2D eigenvalue weighted by Crippen LogP contribution is 2.42. The Kier molecular flexibility index (Phi) is 6.90. The van der Waals surface area contributed by atoms with Crippen molar-refractivity contribution in [2.24, 2.45) is 0 Å². The summed E-state index contributed by atoms with van der Waals surface area (Å²) in [5, 5.41) is 3.04. The molecule has 1 aromatic carbocycles. The molecular formula is C26H26FN3O4S. The van der Waals surface area contributed by atoms with Crippen LogP contribution in [0.4, 0.5) is 4.39 Å². The van der Waals surface area contributed by atoms with Gasteiger partial charge in [0.25, 0.3) is 0 Å². The van der Waals surface area contributed by atoms with Crippen molar-refractivity contribution in [3.63, 3.8) is 0 Å². The van der Waals surface area contributed by atoms with Crippen LogP contribution in [0.5, 0.6) is 5.75 Å². The Labute approximate surface area is 206 Å². The highest BCUT2D eigenvalue weighted by Gasteiger charge is 2.32. The van der Waals surface area contributed by atoms with E-state index in [9.17, 15) is 14.0 Å². The molecule has 1 fully saturated rings. The van der Waals surface area contributed by atoms with E-state index in [0.29, 0.717) is 55.5 Å². The average Bonchev–Trinajstić information content (AvgIpc) is 3.51. The largest absolute Gasteiger partial charge is 0.487 e. The molecule has 35 heavy (non-hydrogen) atoms. The van der Waals surface area contributed by atoms with Crippen molar-refractivity contribution < 1.29 is 23.5 Å². The van der Waals surface area contributed by atoms with Gasteiger partial charge >= 0.3 is 0 Å². The molecule has 1 saturated heterocycles. The molecule has 2 atom stereocenters. The Bertz CT molecular complexity index is 1230. The van der Waals surface area contributed by atoms with Crippen molar-refractivity contribution in [3.8, 4) is 16.2 Å². The van der Waals surface area contributed by atoms with E-state index < -0.39 is 6.04 Å². The maximum atomic E-state index is 14.4. The van der Waals surface area contributed by atoms with Crippen LogP contribution in [0.3, 0.4) is 0 Å². The number of aromatic nitrogens is 1. The highest BCUT2D eigenvalue weighted by molar-refractivity contribution is 7.17. The summed E-state index contributed by atoms with van der Waals surface area (Å²) < 4.78 is 26.1. The van der Waals surface area contributed by atoms with Crippen LogP contribution < -0.4 is 10.1 Å². The number of rotatable bonds is 7. The third kappa shape index (κ3) is 5.12. The summed E-state index contributed by atoms with van der Waals surface area (Å²) in [7, 11) is 0. The lowest BCUT2D eigenvalue weighted by Crippen LogP contribution is -2.47. The lowest BCUT2D eigenvalue weighted by atomic mass is 10.0. The van der Waals surface area contributed by atoms with Gasteiger partial charge in [0, 0.05) is 47.9 Å². The van der Waals surface area contributed by atoms with E-state index >= 15 is 0 Å². The number of hydrogen-bond donors (Lipinski definition) is 1. The number of thiophene rings is 1. The number of halogens is 1. The summed E-state index contributed by atoms with van der Waals surface area (Å²) in [4.78, 5) is 32.7. The molecule has 1 N–H and O–H groups in total. The number of hydrogen-bond acceptors (Lipinski definition) is 7. The molecular weight excluding hydrogens is 469 g/mol. The van der Waals surface area contributed by atoms with Crippen LogP contribution in [-0.4, -0.2) is 60.5 Å². The van der Waals surface area contributed by atoms with Gasteiger partial charge in [-0.05, 0) is 42.8 Å². The number of pyridine rings is 1. The number of morpholine rings is 1. The summed E-state index contributed by atoms with van der Waals surface area (Å²) in [6.07, 6.45) is 3.57. The third-order valence-corrected chi connectivity index (χ3v) is 7.46. The second-order valence-corrected chi connectivity index (χ2v) is 9.77. The highest BCUT2D eigenvalue weighted by atomic mass is 32.1. The van der Waals surface area contributed by atoms with E-state index in [2.05, 4.69) is 15.2 Å². The first-order valence-corrected chi connectivity index (χ1v) is 12.4. The molecule has 0 spiro atoms. The second-order valence-electron chi connectivity index (χ2n) is 8.69. The lowest BCUT2D eigenvalue weighted by Gasteiger charge is -2.33. The molecule has 2 aromatic heterocycles. The van der Waals surface area contributed by atoms with Crippen LogP contribution in [0, 0.1) is 5.82 Å². The Morgan fingerprint density at radius 3 is 2.80 bits per heavy atom. The third-order valence-electron chi connectivity index (χ3n) is 6.24. The van der Waals surface area contributed by atoms with Gasteiger partial charge in [0.05, 0.1) is 24.6 Å². The lowest BCUT2D eigenvalue weighted by molar-refractivity contribution is -0.128. The first-order valence-electron chi connectivity index (χ1n) is 11.6. The predicted octanol–water partition coefficient (Wildman–Crippen LogP) is 3.65. The first kappa shape index (κ1) is 23.6. The molecule has 7 nitrogen and oxygen atoms in total. The van der Waals surface area contributed by atoms with Gasteiger partial charge in [0.1, 0.15) is 23.7 Å². The normalized spacial score (nSPS) is 18.5. The summed E-state index contributed by atoms with van der Waals surface area (Å²) >= 11 is 1.32. The van der Waals surface area contributed by atoms with Gasteiger partial charge in [-0.25, -0.2) is 4.39 Å². The topological polar surface area (TPSA) is 80.8 Å². The van der Waals surface area contributed by atoms with Crippen molar-refractivity contribution in [3.05, 3.63) is 70.6 Å². The minimum Gasteiger partial charge on any atom is -0.487 e. The van der Waals surface area contributed by atoms with Crippen LogP contribution in [0.15, 0.2) is 48.8 Å². The predicted molar refractivity (Wildman–Crippen MR) is 130 cm³/mol. The van der Waals surface area contributed by atoms with E-state index in [1.807, 2.05) is 18.2 Å². The van der Waals surface area contributed by atoms with Crippen LogP contribution >= 0.6 is 11.3 Å². The standard InChI is InChI=1S/C26H26FN3O4S/c1-16(31)22-4-5-23(35-22)21-13-19(27)11-18-12-20(34-25(18)21)15-29-26(32)24(17-3-2-6-28-14-17)30-7-9-33-10-8-30/h2-6,11,13-14,20,24H,7-10,12,15H2,1H3,(H,29,32)/t20-,24+/m1/s1. The number of nitrogens with zero attached hydrogens (tertiary/aromatic N) is 2. The molecule has 182 valence electrons. The molecule has 3 aromatic rings. The minimum absolute atomic E-state index is 0.0285. The van der Waals surface area contributed by atoms with Crippen LogP contribution in [0.2, 0.25) is 0 Å². The fraction of sp³-hybridized carbons (Fsp3) is 0.346. The molecule has 5 rings (SSSR count). The van der Waals surface area contributed by atoms with Gasteiger partial charge < -0.3 is 14.8 Å². The zero-order valence-electron chi connectivity index (χ0n) is 19.3. The van der Waals surface area contributed by atoms with Gasteiger partial charge in [0.2, 0.25) is 5.91 Å². The van der Waals surface area contributed by atoms with Crippen molar-refractivity contribution >= 4 is 23.0 Å². The Hall–Kier alpha value is -3.14. The van der Waals surface area contributed by atoms with E-state index in [0.717, 1.165) is 16.0 Å². The quantitative estimate of drug-likeness (QED) is 0.504. The van der Waals surface area contributed by atoms with Crippen molar-refractivity contribution in [1.29, 1.82) is 0 Å². The summed E-state index contributed by atoms with van der Waals surface area (Å²) in [5.74, 6) is 0.0998. The maximum Gasteiger partial charge on any atom is 0.242 e. The number of ketones is 1. The molecule has 0 bridgehead atoms. The fourth-order valence-corrected chi connectivity index (χ4v) is 5.49. The summed E-state index contributed by atoms with van der Waals surface area (Å²) in [6.45, 7) is 4.27. The number of ether oxygens (including phenoxy) is 2. The minimum atomic E-state index is -0.472. The second kappa shape index (κ2) is 10.2. The molecule has 2 aliphatic rings. The molecule has 0 saturated carbocycles. The van der Waals surface area contributed by atoms with Crippen molar-refractivity contribution in [2.75, 3.05) is 32.8 Å². The van der Waals surface area contributed by atoms with Crippen LogP contribution in [0.25, 0.3) is 10.4 Å². The monoisotopic (exact) mass is 495 g/mol. The molecule has 0 aliphatic carbocycles. The SMILES string of the molecule is CC(=O)c1ccc(-c2cc(F)cc3c2O[C@@H](CNC(=O)[C@H](c2cccnc2)N2CCOCC2)C3)s1. The number of carbonyl (C=O) groups is 2. The fourth-order valence-electron chi connectivity index (χ4n) is 4.58. The smallest absolute Gasteiger partial charge is 0.242 e. The van der Waals surface area contributed by atoms with Gasteiger partial charge in [-0.1, -0.05) is 6.07 Å². The number of amides is 1. The van der Waals surface area contributed by atoms with Gasteiger partial charge in [-0.2, -0.15) is 0 Å². The number of benzene rings is 1. The molecule has 0 radical (unpaired) electrons. The Morgan fingerprint density at radius 2 is 2.09 bits per heavy atom.